The minimum Gasteiger partial charge on any atom is -0.323 e. The number of rotatable bonds is 5. The quantitative estimate of drug-likeness (QED) is 0.618. The average molecular weight is 497 g/mol. The molecule has 10 heteroatoms. The lowest BCUT2D eigenvalue weighted by molar-refractivity contribution is -0.134. The number of fused-ring (bicyclic) bond motifs is 2. The number of carbonyl (C=O) groups is 3. The molecule has 2 saturated heterocycles. The molecule has 3 aliphatic rings. The van der Waals surface area contributed by atoms with E-state index in [1.165, 1.54) is 16.4 Å². The number of nitrogens with zero attached hydrogens (tertiary/aromatic N) is 2. The van der Waals surface area contributed by atoms with Crippen molar-refractivity contribution >= 4 is 33.6 Å². The van der Waals surface area contributed by atoms with Gasteiger partial charge in [-0.15, -0.1) is 0 Å². The number of aryl methyl sites for hydroxylation is 1. The number of amides is 4. The lowest BCUT2D eigenvalue weighted by Crippen LogP contribution is -2.47. The summed E-state index contributed by atoms with van der Waals surface area (Å²) in [5, 5.41) is 5.44. The third-order valence-electron chi connectivity index (χ3n) is 7.05. The number of hydrogen-bond acceptors (Lipinski definition) is 5. The maximum Gasteiger partial charge on any atom is 0.325 e. The maximum atomic E-state index is 13.4. The molecule has 35 heavy (non-hydrogen) atoms. The van der Waals surface area contributed by atoms with E-state index in [0.717, 1.165) is 48.1 Å². The van der Waals surface area contributed by atoms with Crippen molar-refractivity contribution in [1.82, 2.24) is 14.5 Å². The normalized spacial score (nSPS) is 22.7. The Morgan fingerprint density at radius 2 is 1.69 bits per heavy atom. The summed E-state index contributed by atoms with van der Waals surface area (Å²) in [5.41, 5.74) is 0.746. The Bertz CT molecular complexity index is 1290. The minimum atomic E-state index is -3.78. The van der Waals surface area contributed by atoms with Crippen LogP contribution in [-0.4, -0.2) is 55.1 Å². The van der Waals surface area contributed by atoms with Gasteiger partial charge in [-0.25, -0.2) is 13.2 Å². The maximum absolute atomic E-state index is 13.4. The number of urea groups is 1. The SMILES string of the molecule is O=C(CN1C(=O)NC2(CCCc3ccccc32)C1=O)Nc1ccccc1S(=O)(=O)N1CCCCC1. The molecule has 2 heterocycles. The summed E-state index contributed by atoms with van der Waals surface area (Å²) in [6, 6.07) is 13.1. The van der Waals surface area contributed by atoms with Gasteiger partial charge in [0.2, 0.25) is 15.9 Å². The molecular formula is C25H28N4O5S. The summed E-state index contributed by atoms with van der Waals surface area (Å²) in [5.74, 6) is -1.10. The van der Waals surface area contributed by atoms with Crippen LogP contribution in [-0.2, 0) is 31.6 Å². The van der Waals surface area contributed by atoms with Crippen molar-refractivity contribution in [2.24, 2.45) is 0 Å². The van der Waals surface area contributed by atoms with Gasteiger partial charge in [-0.3, -0.25) is 14.5 Å². The van der Waals surface area contributed by atoms with Crippen LogP contribution in [0.4, 0.5) is 10.5 Å². The summed E-state index contributed by atoms with van der Waals surface area (Å²) < 4.78 is 27.8. The van der Waals surface area contributed by atoms with E-state index in [1.54, 1.807) is 12.1 Å². The Labute approximate surface area is 204 Å². The Morgan fingerprint density at radius 3 is 2.49 bits per heavy atom. The van der Waals surface area contributed by atoms with Crippen LogP contribution in [0.1, 0.15) is 43.2 Å². The number of piperidine rings is 1. The van der Waals surface area contributed by atoms with E-state index in [9.17, 15) is 22.8 Å². The highest BCUT2D eigenvalue weighted by molar-refractivity contribution is 7.89. The van der Waals surface area contributed by atoms with Gasteiger partial charge in [0.15, 0.2) is 0 Å². The average Bonchev–Trinajstić information content (AvgIpc) is 3.09. The number of hydrogen-bond donors (Lipinski definition) is 2. The Kier molecular flexibility index (Phi) is 6.10. The number of nitrogens with one attached hydrogen (secondary N) is 2. The predicted molar refractivity (Wildman–Crippen MR) is 129 cm³/mol. The van der Waals surface area contributed by atoms with Crippen molar-refractivity contribution in [2.75, 3.05) is 25.0 Å². The van der Waals surface area contributed by atoms with Crippen LogP contribution in [0, 0.1) is 0 Å². The summed E-state index contributed by atoms with van der Waals surface area (Å²) in [7, 11) is -3.78. The largest absolute Gasteiger partial charge is 0.325 e. The number of benzene rings is 2. The van der Waals surface area contributed by atoms with E-state index in [1.807, 2.05) is 24.3 Å². The summed E-state index contributed by atoms with van der Waals surface area (Å²) >= 11 is 0. The van der Waals surface area contributed by atoms with E-state index in [-0.39, 0.29) is 10.6 Å². The first-order valence-corrected chi connectivity index (χ1v) is 13.4. The highest BCUT2D eigenvalue weighted by Gasteiger charge is 2.54. The number of imide groups is 1. The molecule has 184 valence electrons. The molecular weight excluding hydrogens is 468 g/mol. The van der Waals surface area contributed by atoms with Gasteiger partial charge in [0.25, 0.3) is 5.91 Å². The number of anilines is 1. The van der Waals surface area contributed by atoms with Gasteiger partial charge in [0, 0.05) is 13.1 Å². The zero-order valence-electron chi connectivity index (χ0n) is 19.3. The first kappa shape index (κ1) is 23.5. The fourth-order valence-corrected chi connectivity index (χ4v) is 6.99. The van der Waals surface area contributed by atoms with Crippen LogP contribution < -0.4 is 10.6 Å². The number of para-hydroxylation sites is 1. The molecule has 1 atom stereocenters. The predicted octanol–water partition coefficient (Wildman–Crippen LogP) is 2.58. The van der Waals surface area contributed by atoms with Crippen LogP contribution in [0.25, 0.3) is 0 Å². The molecule has 0 radical (unpaired) electrons. The van der Waals surface area contributed by atoms with Crippen LogP contribution >= 0.6 is 0 Å². The molecule has 2 aliphatic heterocycles. The first-order valence-electron chi connectivity index (χ1n) is 11.9. The minimum absolute atomic E-state index is 0.00475. The molecule has 9 nitrogen and oxygen atoms in total. The van der Waals surface area contributed by atoms with Crippen molar-refractivity contribution in [1.29, 1.82) is 0 Å². The van der Waals surface area contributed by atoms with E-state index in [4.69, 9.17) is 0 Å². The molecule has 1 spiro atoms. The highest BCUT2D eigenvalue weighted by Crippen LogP contribution is 2.39. The molecule has 1 unspecified atom stereocenters. The smallest absolute Gasteiger partial charge is 0.323 e. The van der Waals surface area contributed by atoms with Gasteiger partial charge in [0.05, 0.1) is 5.69 Å². The van der Waals surface area contributed by atoms with Crippen LogP contribution in [0.5, 0.6) is 0 Å². The summed E-state index contributed by atoms with van der Waals surface area (Å²) in [4.78, 5) is 40.1. The standard InChI is InChI=1S/C25H28N4O5S/c30-22(26-20-12-4-5-13-21(20)35(33,34)28-15-6-1-7-16-28)17-29-23(31)25(27-24(29)32)14-8-10-18-9-2-3-11-19(18)25/h2-5,9,11-13H,1,6-8,10,14-17H2,(H,26,30)(H,27,32). The number of sulfonamides is 1. The first-order chi connectivity index (χ1) is 16.8. The summed E-state index contributed by atoms with van der Waals surface area (Å²) in [6.07, 6.45) is 4.61. The van der Waals surface area contributed by atoms with Gasteiger partial charge in [-0.2, -0.15) is 4.31 Å². The van der Waals surface area contributed by atoms with Crippen molar-refractivity contribution in [3.05, 3.63) is 59.7 Å². The van der Waals surface area contributed by atoms with Gasteiger partial charge in [-0.1, -0.05) is 42.8 Å². The second kappa shape index (κ2) is 9.09. The van der Waals surface area contributed by atoms with Crippen LogP contribution in [0.3, 0.4) is 0 Å². The molecule has 5 rings (SSSR count). The molecule has 4 amide bonds. The Hall–Kier alpha value is -3.24. The fraction of sp³-hybridized carbons (Fsp3) is 0.400. The van der Waals surface area contributed by atoms with Crippen molar-refractivity contribution in [3.8, 4) is 0 Å². The molecule has 2 fully saturated rings. The molecule has 0 bridgehead atoms. The Morgan fingerprint density at radius 1 is 0.971 bits per heavy atom. The van der Waals surface area contributed by atoms with E-state index < -0.39 is 40.0 Å². The molecule has 0 saturated carbocycles. The zero-order chi connectivity index (χ0) is 24.6. The fourth-order valence-electron chi connectivity index (χ4n) is 5.33. The lowest BCUT2D eigenvalue weighted by atomic mass is 9.76. The van der Waals surface area contributed by atoms with Crippen LogP contribution in [0.15, 0.2) is 53.4 Å². The summed E-state index contributed by atoms with van der Waals surface area (Å²) in [6.45, 7) is 0.375. The van der Waals surface area contributed by atoms with Crippen molar-refractivity contribution in [2.45, 2.75) is 49.0 Å². The third-order valence-corrected chi connectivity index (χ3v) is 9.00. The van der Waals surface area contributed by atoms with E-state index in [0.29, 0.717) is 19.5 Å². The van der Waals surface area contributed by atoms with E-state index in [2.05, 4.69) is 10.6 Å². The topological polar surface area (TPSA) is 116 Å². The molecule has 2 aromatic rings. The number of carbonyl (C=O) groups excluding carboxylic acids is 3. The third kappa shape index (κ3) is 4.10. The second-order valence-electron chi connectivity index (χ2n) is 9.25. The van der Waals surface area contributed by atoms with E-state index >= 15 is 0 Å². The van der Waals surface area contributed by atoms with Crippen molar-refractivity contribution in [3.63, 3.8) is 0 Å². The van der Waals surface area contributed by atoms with Crippen molar-refractivity contribution < 1.29 is 22.8 Å². The van der Waals surface area contributed by atoms with Gasteiger partial charge >= 0.3 is 6.03 Å². The second-order valence-corrected chi connectivity index (χ2v) is 11.2. The Balaban J connectivity index is 1.35. The highest BCUT2D eigenvalue weighted by atomic mass is 32.2. The molecule has 0 aromatic heterocycles. The molecule has 2 aromatic carbocycles. The molecule has 2 N–H and O–H groups in total. The molecule has 1 aliphatic carbocycles. The monoisotopic (exact) mass is 496 g/mol. The van der Waals surface area contributed by atoms with Gasteiger partial charge < -0.3 is 10.6 Å². The van der Waals surface area contributed by atoms with Crippen LogP contribution in [0.2, 0.25) is 0 Å². The zero-order valence-corrected chi connectivity index (χ0v) is 20.1. The van der Waals surface area contributed by atoms with Gasteiger partial charge in [-0.05, 0) is 55.4 Å². The van der Waals surface area contributed by atoms with Gasteiger partial charge in [0.1, 0.15) is 17.0 Å². The lowest BCUT2D eigenvalue weighted by Gasteiger charge is -2.33.